The number of hydrogen-bond donors (Lipinski definition) is 2. The summed E-state index contributed by atoms with van der Waals surface area (Å²) >= 11 is 0. The molecule has 0 aliphatic rings. The van der Waals surface area contributed by atoms with Crippen LogP contribution in [0, 0.1) is 0 Å². The molecule has 0 saturated carbocycles. The number of para-hydroxylation sites is 2. The zero-order valence-electron chi connectivity index (χ0n) is 11.0. The van der Waals surface area contributed by atoms with Gasteiger partial charge in [0.1, 0.15) is 5.75 Å². The smallest absolute Gasteiger partial charge is 0.257 e. The molecule has 0 unspecified atom stereocenters. The third-order valence-electron chi connectivity index (χ3n) is 2.89. The van der Waals surface area contributed by atoms with Crippen molar-refractivity contribution in [2.24, 2.45) is 0 Å². The van der Waals surface area contributed by atoms with Crippen LogP contribution in [0.25, 0.3) is 5.69 Å². The summed E-state index contributed by atoms with van der Waals surface area (Å²) in [7, 11) is 0. The van der Waals surface area contributed by atoms with E-state index < -0.39 is 0 Å². The molecule has 0 atom stereocenters. The van der Waals surface area contributed by atoms with E-state index in [9.17, 15) is 9.90 Å². The first-order valence-electron chi connectivity index (χ1n) is 6.28. The fraction of sp³-hybridized carbons (Fsp3) is 0. The summed E-state index contributed by atoms with van der Waals surface area (Å²) < 4.78 is 1.66. The molecule has 1 amide bonds. The Hall–Kier alpha value is -3.15. The third-order valence-corrected chi connectivity index (χ3v) is 2.89. The zero-order chi connectivity index (χ0) is 14.7. The molecule has 6 heteroatoms. The minimum atomic E-state index is -0.349. The van der Waals surface area contributed by atoms with E-state index in [0.29, 0.717) is 5.69 Å². The first-order valence-corrected chi connectivity index (χ1v) is 6.28. The first kappa shape index (κ1) is 12.9. The molecule has 3 rings (SSSR count). The zero-order valence-corrected chi connectivity index (χ0v) is 11.0. The van der Waals surface area contributed by atoms with Crippen molar-refractivity contribution < 1.29 is 9.90 Å². The summed E-state index contributed by atoms with van der Waals surface area (Å²) in [6.07, 6.45) is 6.12. The van der Waals surface area contributed by atoms with Crippen LogP contribution in [-0.4, -0.2) is 25.8 Å². The molecule has 2 aromatic heterocycles. The molecule has 6 nitrogen and oxygen atoms in total. The van der Waals surface area contributed by atoms with Crippen LogP contribution < -0.4 is 5.32 Å². The molecule has 3 aromatic rings. The fourth-order valence-corrected chi connectivity index (χ4v) is 1.94. The number of aromatic nitrogens is 3. The average molecular weight is 280 g/mol. The lowest BCUT2D eigenvalue weighted by atomic mass is 10.2. The van der Waals surface area contributed by atoms with E-state index in [1.807, 2.05) is 18.2 Å². The van der Waals surface area contributed by atoms with Crippen LogP contribution in [-0.2, 0) is 0 Å². The van der Waals surface area contributed by atoms with Gasteiger partial charge in [-0.05, 0) is 24.3 Å². The Morgan fingerprint density at radius 2 is 2.05 bits per heavy atom. The normalized spacial score (nSPS) is 10.3. The van der Waals surface area contributed by atoms with Crippen LogP contribution in [0.4, 0.5) is 5.69 Å². The van der Waals surface area contributed by atoms with Crippen molar-refractivity contribution in [3.8, 4) is 11.4 Å². The number of nitrogens with one attached hydrogen (secondary N) is 1. The van der Waals surface area contributed by atoms with E-state index in [-0.39, 0.29) is 17.2 Å². The molecule has 0 fully saturated rings. The number of benzene rings is 1. The molecule has 0 saturated heterocycles. The lowest BCUT2D eigenvalue weighted by molar-refractivity contribution is 0.102. The Balaban J connectivity index is 1.90. The number of pyridine rings is 1. The van der Waals surface area contributed by atoms with Crippen molar-refractivity contribution in [1.29, 1.82) is 0 Å². The molecule has 0 aliphatic carbocycles. The van der Waals surface area contributed by atoms with Crippen molar-refractivity contribution in [2.75, 3.05) is 5.32 Å². The maximum atomic E-state index is 12.2. The summed E-state index contributed by atoms with van der Waals surface area (Å²) in [5.74, 6) is -0.402. The quantitative estimate of drug-likeness (QED) is 0.771. The molecule has 0 radical (unpaired) electrons. The summed E-state index contributed by atoms with van der Waals surface area (Å²) in [5, 5.41) is 16.3. The molecule has 0 spiro atoms. The van der Waals surface area contributed by atoms with Gasteiger partial charge >= 0.3 is 0 Å². The van der Waals surface area contributed by atoms with Gasteiger partial charge in [0.15, 0.2) is 0 Å². The van der Waals surface area contributed by atoms with Crippen LogP contribution in [0.1, 0.15) is 10.4 Å². The Morgan fingerprint density at radius 3 is 2.81 bits per heavy atom. The molecular formula is C15H12N4O2. The molecule has 0 aliphatic heterocycles. The van der Waals surface area contributed by atoms with Gasteiger partial charge in [-0.15, -0.1) is 0 Å². The van der Waals surface area contributed by atoms with Gasteiger partial charge in [0.25, 0.3) is 5.91 Å². The van der Waals surface area contributed by atoms with Crippen molar-refractivity contribution >= 4 is 11.6 Å². The Labute approximate surface area is 120 Å². The van der Waals surface area contributed by atoms with Gasteiger partial charge < -0.3 is 10.4 Å². The first-order chi connectivity index (χ1) is 10.2. The van der Waals surface area contributed by atoms with Crippen LogP contribution in [0.5, 0.6) is 5.75 Å². The highest BCUT2D eigenvalue weighted by Crippen LogP contribution is 2.20. The number of nitrogens with zero attached hydrogens (tertiary/aromatic N) is 3. The standard InChI is InChI=1S/C15H12N4O2/c20-12-8-11(9-16-10-12)15(21)18-13-4-1-2-5-14(13)19-7-3-6-17-19/h1-10,20H,(H,18,21). The van der Waals surface area contributed by atoms with Gasteiger partial charge in [0.2, 0.25) is 0 Å². The number of aromatic hydroxyl groups is 1. The highest BCUT2D eigenvalue weighted by Gasteiger charge is 2.11. The third kappa shape index (κ3) is 2.74. The highest BCUT2D eigenvalue weighted by molar-refractivity contribution is 6.05. The maximum absolute atomic E-state index is 12.2. The van der Waals surface area contributed by atoms with Crippen LogP contribution >= 0.6 is 0 Å². The van der Waals surface area contributed by atoms with Crippen LogP contribution in [0.2, 0.25) is 0 Å². The second-order valence-corrected chi connectivity index (χ2v) is 4.35. The SMILES string of the molecule is O=C(Nc1ccccc1-n1cccn1)c1cncc(O)c1. The van der Waals surface area contributed by atoms with E-state index in [1.54, 1.807) is 29.2 Å². The summed E-state index contributed by atoms with van der Waals surface area (Å²) in [6, 6.07) is 10.5. The van der Waals surface area contributed by atoms with E-state index in [0.717, 1.165) is 5.69 Å². The molecule has 0 bridgehead atoms. The minimum Gasteiger partial charge on any atom is -0.506 e. The second kappa shape index (κ2) is 5.46. The molecule has 1 aromatic carbocycles. The Kier molecular flexibility index (Phi) is 3.34. The second-order valence-electron chi connectivity index (χ2n) is 4.35. The largest absolute Gasteiger partial charge is 0.506 e. The number of amides is 1. The number of carbonyl (C=O) groups is 1. The van der Waals surface area contributed by atoms with E-state index >= 15 is 0 Å². The maximum Gasteiger partial charge on any atom is 0.257 e. The molecular weight excluding hydrogens is 268 g/mol. The number of rotatable bonds is 3. The number of anilines is 1. The minimum absolute atomic E-state index is 0.0528. The molecule has 2 heterocycles. The molecule has 2 N–H and O–H groups in total. The summed E-state index contributed by atoms with van der Waals surface area (Å²) in [6.45, 7) is 0. The number of hydrogen-bond acceptors (Lipinski definition) is 4. The van der Waals surface area contributed by atoms with Crippen molar-refractivity contribution in [1.82, 2.24) is 14.8 Å². The Morgan fingerprint density at radius 1 is 1.19 bits per heavy atom. The van der Waals surface area contributed by atoms with Gasteiger partial charge in [-0.3, -0.25) is 9.78 Å². The Bertz CT molecular complexity index is 769. The van der Waals surface area contributed by atoms with Crippen molar-refractivity contribution in [3.63, 3.8) is 0 Å². The highest BCUT2D eigenvalue weighted by atomic mass is 16.3. The predicted molar refractivity (Wildman–Crippen MR) is 77.4 cm³/mol. The average Bonchev–Trinajstić information content (AvgIpc) is 3.02. The monoisotopic (exact) mass is 280 g/mol. The van der Waals surface area contributed by atoms with E-state index in [4.69, 9.17) is 0 Å². The lowest BCUT2D eigenvalue weighted by Crippen LogP contribution is -2.14. The lowest BCUT2D eigenvalue weighted by Gasteiger charge is -2.11. The van der Waals surface area contributed by atoms with E-state index in [1.165, 1.54) is 18.5 Å². The van der Waals surface area contributed by atoms with Gasteiger partial charge in [0.05, 0.1) is 23.1 Å². The molecule has 104 valence electrons. The van der Waals surface area contributed by atoms with Gasteiger partial charge in [0, 0.05) is 18.6 Å². The molecule has 21 heavy (non-hydrogen) atoms. The summed E-state index contributed by atoms with van der Waals surface area (Å²) in [4.78, 5) is 16.0. The van der Waals surface area contributed by atoms with Gasteiger partial charge in [-0.25, -0.2) is 4.68 Å². The van der Waals surface area contributed by atoms with Crippen molar-refractivity contribution in [2.45, 2.75) is 0 Å². The van der Waals surface area contributed by atoms with Crippen LogP contribution in [0.15, 0.2) is 61.2 Å². The predicted octanol–water partition coefficient (Wildman–Crippen LogP) is 2.23. The van der Waals surface area contributed by atoms with Gasteiger partial charge in [-0.1, -0.05) is 12.1 Å². The topological polar surface area (TPSA) is 80.0 Å². The van der Waals surface area contributed by atoms with Gasteiger partial charge in [-0.2, -0.15) is 5.10 Å². The number of carbonyl (C=O) groups excluding carboxylic acids is 1. The van der Waals surface area contributed by atoms with Crippen molar-refractivity contribution in [3.05, 3.63) is 66.7 Å². The van der Waals surface area contributed by atoms with Crippen LogP contribution in [0.3, 0.4) is 0 Å². The van der Waals surface area contributed by atoms with E-state index in [2.05, 4.69) is 15.4 Å². The summed E-state index contributed by atoms with van der Waals surface area (Å²) in [5.41, 5.74) is 1.66. The fourth-order valence-electron chi connectivity index (χ4n) is 1.94.